The fraction of sp³-hybridized carbons (Fsp3) is 0.231. The molecule has 1 aliphatic heterocycles. The molecule has 33 heavy (non-hydrogen) atoms. The van der Waals surface area contributed by atoms with Crippen LogP contribution < -0.4 is 4.90 Å². The Morgan fingerprint density at radius 1 is 0.970 bits per heavy atom. The number of carbonyl (C=O) groups is 1. The molecule has 5 rings (SSSR count). The average molecular weight is 477 g/mol. The standard InChI is InChI=1S/C26H25ClN4OS/c1-18-8-9-19(2)23(15-18)31-24(17-22(28-31)25-7-4-14-33-25)26(32)30-12-10-29(11-13-30)21-6-3-5-20(27)16-21/h3-9,14-17H,10-13H2,1-2H3. The fourth-order valence-corrected chi connectivity index (χ4v) is 5.08. The SMILES string of the molecule is Cc1ccc(C)c(-n2nc(-c3cccs3)cc2C(=O)N2CCN(c3cccc(Cl)c3)CC2)c1. The zero-order valence-corrected chi connectivity index (χ0v) is 20.2. The lowest BCUT2D eigenvalue weighted by atomic mass is 10.1. The van der Waals surface area contributed by atoms with Crippen LogP contribution in [0.5, 0.6) is 0 Å². The number of hydrogen-bond donors (Lipinski definition) is 0. The number of aromatic nitrogens is 2. The number of anilines is 1. The van der Waals surface area contributed by atoms with E-state index in [1.165, 1.54) is 0 Å². The molecule has 0 N–H and O–H groups in total. The van der Waals surface area contributed by atoms with E-state index >= 15 is 0 Å². The number of benzene rings is 2. The largest absolute Gasteiger partial charge is 0.368 e. The van der Waals surface area contributed by atoms with Crippen LogP contribution in [-0.2, 0) is 0 Å². The van der Waals surface area contributed by atoms with Crippen molar-refractivity contribution < 1.29 is 4.79 Å². The number of amides is 1. The first kappa shape index (κ1) is 21.7. The minimum Gasteiger partial charge on any atom is -0.368 e. The second-order valence-electron chi connectivity index (χ2n) is 8.35. The lowest BCUT2D eigenvalue weighted by molar-refractivity contribution is 0.0737. The van der Waals surface area contributed by atoms with Crippen LogP contribution in [0.3, 0.4) is 0 Å². The molecule has 2 aromatic heterocycles. The van der Waals surface area contributed by atoms with Crippen LogP contribution in [0, 0.1) is 13.8 Å². The molecule has 0 unspecified atom stereocenters. The van der Waals surface area contributed by atoms with Crippen LogP contribution >= 0.6 is 22.9 Å². The average Bonchev–Trinajstić information content (AvgIpc) is 3.50. The van der Waals surface area contributed by atoms with E-state index in [-0.39, 0.29) is 5.91 Å². The van der Waals surface area contributed by atoms with Gasteiger partial charge in [-0.1, -0.05) is 35.9 Å². The summed E-state index contributed by atoms with van der Waals surface area (Å²) in [5, 5.41) is 7.62. The molecule has 1 aliphatic rings. The molecule has 0 radical (unpaired) electrons. The van der Waals surface area contributed by atoms with Gasteiger partial charge in [-0.25, -0.2) is 4.68 Å². The van der Waals surface area contributed by atoms with Gasteiger partial charge in [0, 0.05) is 36.9 Å². The molecule has 7 heteroatoms. The van der Waals surface area contributed by atoms with Gasteiger partial charge in [-0.2, -0.15) is 5.10 Å². The van der Waals surface area contributed by atoms with Gasteiger partial charge in [-0.3, -0.25) is 4.79 Å². The molecule has 0 atom stereocenters. The summed E-state index contributed by atoms with van der Waals surface area (Å²) in [6.07, 6.45) is 0. The van der Waals surface area contributed by atoms with E-state index < -0.39 is 0 Å². The maximum absolute atomic E-state index is 13.7. The number of aryl methyl sites for hydroxylation is 2. The number of rotatable bonds is 4. The monoisotopic (exact) mass is 476 g/mol. The van der Waals surface area contributed by atoms with Gasteiger partial charge in [0.25, 0.3) is 5.91 Å². The molecule has 2 aromatic carbocycles. The molecule has 0 bridgehead atoms. The molecule has 5 nitrogen and oxygen atoms in total. The number of piperazine rings is 1. The third kappa shape index (κ3) is 4.41. The third-order valence-corrected chi connectivity index (χ3v) is 7.16. The first-order chi connectivity index (χ1) is 16.0. The maximum atomic E-state index is 13.7. The van der Waals surface area contributed by atoms with Crippen LogP contribution in [0.1, 0.15) is 21.6 Å². The lowest BCUT2D eigenvalue weighted by Gasteiger charge is -2.36. The Bertz CT molecular complexity index is 1290. The Morgan fingerprint density at radius 3 is 2.52 bits per heavy atom. The highest BCUT2D eigenvalue weighted by atomic mass is 35.5. The summed E-state index contributed by atoms with van der Waals surface area (Å²) in [6, 6.07) is 20.1. The van der Waals surface area contributed by atoms with Crippen LogP contribution in [0.15, 0.2) is 66.0 Å². The number of halogens is 1. The molecule has 1 saturated heterocycles. The van der Waals surface area contributed by atoms with Gasteiger partial charge in [0.2, 0.25) is 0 Å². The van der Waals surface area contributed by atoms with Crippen LogP contribution in [0.2, 0.25) is 5.02 Å². The summed E-state index contributed by atoms with van der Waals surface area (Å²) >= 11 is 7.80. The van der Waals surface area contributed by atoms with Gasteiger partial charge in [-0.05, 0) is 66.8 Å². The van der Waals surface area contributed by atoms with E-state index in [1.807, 2.05) is 51.4 Å². The molecule has 4 aromatic rings. The van der Waals surface area contributed by atoms with Gasteiger partial charge in [0.05, 0.1) is 10.6 Å². The topological polar surface area (TPSA) is 41.4 Å². The molecular weight excluding hydrogens is 452 g/mol. The molecular formula is C26H25ClN4OS. The van der Waals surface area contributed by atoms with Gasteiger partial charge in [-0.15, -0.1) is 11.3 Å². The summed E-state index contributed by atoms with van der Waals surface area (Å²) < 4.78 is 1.82. The van der Waals surface area contributed by atoms with E-state index in [0.717, 1.165) is 51.2 Å². The number of nitrogens with zero attached hydrogens (tertiary/aromatic N) is 4. The number of thiophene rings is 1. The highest BCUT2D eigenvalue weighted by molar-refractivity contribution is 7.13. The van der Waals surface area contributed by atoms with Crippen molar-refractivity contribution in [1.29, 1.82) is 0 Å². The summed E-state index contributed by atoms with van der Waals surface area (Å²) in [5.74, 6) is 0.0111. The van der Waals surface area contributed by atoms with Crippen molar-refractivity contribution in [2.75, 3.05) is 31.1 Å². The van der Waals surface area contributed by atoms with Gasteiger partial charge in [0.1, 0.15) is 11.4 Å². The smallest absolute Gasteiger partial charge is 0.272 e. The molecule has 1 fully saturated rings. The van der Waals surface area contributed by atoms with Crippen molar-refractivity contribution in [3.8, 4) is 16.3 Å². The highest BCUT2D eigenvalue weighted by Gasteiger charge is 2.27. The zero-order valence-electron chi connectivity index (χ0n) is 18.7. The van der Waals surface area contributed by atoms with Crippen molar-refractivity contribution in [3.05, 3.63) is 87.9 Å². The third-order valence-electron chi connectivity index (χ3n) is 6.04. The first-order valence-corrected chi connectivity index (χ1v) is 12.3. The zero-order chi connectivity index (χ0) is 22.9. The van der Waals surface area contributed by atoms with Gasteiger partial charge >= 0.3 is 0 Å². The molecule has 0 aliphatic carbocycles. The second-order valence-corrected chi connectivity index (χ2v) is 9.74. The molecule has 1 amide bonds. The van der Waals surface area contributed by atoms with Crippen molar-refractivity contribution >= 4 is 34.5 Å². The molecule has 3 heterocycles. The van der Waals surface area contributed by atoms with Crippen LogP contribution in [0.4, 0.5) is 5.69 Å². The molecule has 0 spiro atoms. The molecule has 0 saturated carbocycles. The van der Waals surface area contributed by atoms with E-state index in [9.17, 15) is 4.79 Å². The van der Waals surface area contributed by atoms with Crippen molar-refractivity contribution in [3.63, 3.8) is 0 Å². The second kappa shape index (κ2) is 9.04. The van der Waals surface area contributed by atoms with Gasteiger partial charge in [0.15, 0.2) is 0 Å². The summed E-state index contributed by atoms with van der Waals surface area (Å²) in [6.45, 7) is 6.95. The summed E-state index contributed by atoms with van der Waals surface area (Å²) in [5.41, 5.74) is 5.68. The fourth-order valence-electron chi connectivity index (χ4n) is 4.21. The molecule has 168 valence electrons. The number of carbonyl (C=O) groups excluding carboxylic acids is 1. The Kier molecular flexibility index (Phi) is 5.96. The van der Waals surface area contributed by atoms with Crippen molar-refractivity contribution in [2.45, 2.75) is 13.8 Å². The van der Waals surface area contributed by atoms with E-state index in [2.05, 4.69) is 43.0 Å². The predicted octanol–water partition coefficient (Wildman–Crippen LogP) is 5.83. The predicted molar refractivity (Wildman–Crippen MR) is 136 cm³/mol. The number of hydrogen-bond acceptors (Lipinski definition) is 4. The highest BCUT2D eigenvalue weighted by Crippen LogP contribution is 2.28. The summed E-state index contributed by atoms with van der Waals surface area (Å²) in [4.78, 5) is 19.0. The van der Waals surface area contributed by atoms with E-state index in [1.54, 1.807) is 11.3 Å². The first-order valence-electron chi connectivity index (χ1n) is 11.0. The lowest BCUT2D eigenvalue weighted by Crippen LogP contribution is -2.49. The van der Waals surface area contributed by atoms with Crippen molar-refractivity contribution in [2.24, 2.45) is 0 Å². The Labute approximate surface area is 202 Å². The normalized spacial score (nSPS) is 14.0. The minimum atomic E-state index is 0.0111. The minimum absolute atomic E-state index is 0.0111. The quantitative estimate of drug-likeness (QED) is 0.372. The van der Waals surface area contributed by atoms with E-state index in [4.69, 9.17) is 16.7 Å². The van der Waals surface area contributed by atoms with Crippen LogP contribution in [-0.4, -0.2) is 46.8 Å². The Balaban J connectivity index is 1.44. The van der Waals surface area contributed by atoms with Gasteiger partial charge < -0.3 is 9.80 Å². The van der Waals surface area contributed by atoms with Crippen molar-refractivity contribution in [1.82, 2.24) is 14.7 Å². The van der Waals surface area contributed by atoms with E-state index in [0.29, 0.717) is 18.8 Å². The summed E-state index contributed by atoms with van der Waals surface area (Å²) in [7, 11) is 0. The Morgan fingerprint density at radius 2 is 1.79 bits per heavy atom. The maximum Gasteiger partial charge on any atom is 0.272 e. The Hall–Kier alpha value is -3.09. The van der Waals surface area contributed by atoms with Crippen LogP contribution in [0.25, 0.3) is 16.3 Å².